The highest BCUT2D eigenvalue weighted by Crippen LogP contribution is 2.34. The van der Waals surface area contributed by atoms with Gasteiger partial charge in [-0.1, -0.05) is 89.0 Å². The number of halogens is 1. The minimum atomic E-state index is -0.663. The number of benzene rings is 2. The molecule has 0 atom stereocenters. The zero-order chi connectivity index (χ0) is 28.9. The monoisotopic (exact) mass is 566 g/mol. The summed E-state index contributed by atoms with van der Waals surface area (Å²) in [6.45, 7) is 8.40. The summed E-state index contributed by atoms with van der Waals surface area (Å²) in [4.78, 5) is 31.1. The van der Waals surface area contributed by atoms with Crippen LogP contribution in [0.1, 0.15) is 103 Å². The SMILES string of the molecule is CCCCCCCCCCCCN1CCOCCN(c2cccc3c2C(=O)c2c(F)cccc2C3=O)CCOCC1. The number of unbranched alkanes of at least 4 members (excludes halogenated alkanes) is 9. The van der Waals surface area contributed by atoms with Gasteiger partial charge >= 0.3 is 0 Å². The molecule has 1 aliphatic heterocycles. The smallest absolute Gasteiger partial charge is 0.199 e. The fourth-order valence-corrected chi connectivity index (χ4v) is 5.90. The third kappa shape index (κ3) is 8.69. The van der Waals surface area contributed by atoms with Crippen molar-refractivity contribution in [2.24, 2.45) is 0 Å². The van der Waals surface area contributed by atoms with Crippen molar-refractivity contribution in [1.29, 1.82) is 0 Å². The standard InChI is InChI=1S/C34H47FN2O4/c1-2-3-4-5-6-7-8-9-10-11-18-36-19-23-40-25-21-37(22-26-41-24-20-36)30-17-13-15-28-32(30)34(39)31-27(33(28)38)14-12-16-29(31)35/h12-17H,2-11,18-26H2,1H3. The Labute approximate surface area is 245 Å². The lowest BCUT2D eigenvalue weighted by Gasteiger charge is -2.30. The van der Waals surface area contributed by atoms with E-state index in [1.807, 2.05) is 11.0 Å². The Bertz CT molecular complexity index is 1120. The van der Waals surface area contributed by atoms with Gasteiger partial charge in [0.05, 0.1) is 37.6 Å². The number of nitrogens with zero attached hydrogens (tertiary/aromatic N) is 2. The molecule has 0 amide bonds. The number of anilines is 1. The van der Waals surface area contributed by atoms with Gasteiger partial charge in [-0.2, -0.15) is 0 Å². The fourth-order valence-electron chi connectivity index (χ4n) is 5.90. The molecule has 224 valence electrons. The summed E-state index contributed by atoms with van der Waals surface area (Å²) in [6.07, 6.45) is 13.4. The molecule has 1 fully saturated rings. The van der Waals surface area contributed by atoms with Crippen LogP contribution in [-0.4, -0.2) is 75.6 Å². The predicted octanol–water partition coefficient (Wildman–Crippen LogP) is 6.68. The number of carbonyl (C=O) groups excluding carboxylic acids is 2. The maximum atomic E-state index is 14.7. The Balaban J connectivity index is 1.26. The van der Waals surface area contributed by atoms with E-state index in [1.165, 1.54) is 82.4 Å². The van der Waals surface area contributed by atoms with Crippen LogP contribution in [0.15, 0.2) is 36.4 Å². The molecule has 0 N–H and O–H groups in total. The number of hydrogen-bond acceptors (Lipinski definition) is 6. The van der Waals surface area contributed by atoms with Crippen molar-refractivity contribution in [1.82, 2.24) is 4.90 Å². The first-order valence-electron chi connectivity index (χ1n) is 15.8. The maximum absolute atomic E-state index is 14.7. The van der Waals surface area contributed by atoms with E-state index in [9.17, 15) is 14.0 Å². The molecule has 7 heteroatoms. The number of ketones is 2. The topological polar surface area (TPSA) is 59.1 Å². The van der Waals surface area contributed by atoms with Crippen LogP contribution in [0.3, 0.4) is 0 Å². The van der Waals surface area contributed by atoms with Gasteiger partial charge in [-0.3, -0.25) is 14.5 Å². The molecule has 1 heterocycles. The van der Waals surface area contributed by atoms with E-state index in [2.05, 4.69) is 11.8 Å². The minimum Gasteiger partial charge on any atom is -0.378 e. The Morgan fingerprint density at radius 3 is 1.83 bits per heavy atom. The van der Waals surface area contributed by atoms with Gasteiger partial charge in [0, 0.05) is 43.0 Å². The lowest BCUT2D eigenvalue weighted by molar-refractivity contribution is 0.0702. The fraction of sp³-hybridized carbons (Fsp3) is 0.588. The summed E-state index contributed by atoms with van der Waals surface area (Å²) in [5.74, 6) is -1.43. The summed E-state index contributed by atoms with van der Waals surface area (Å²) in [5.41, 5.74) is 1.21. The Morgan fingerprint density at radius 2 is 1.20 bits per heavy atom. The summed E-state index contributed by atoms with van der Waals surface area (Å²) in [5, 5.41) is 0. The zero-order valence-electron chi connectivity index (χ0n) is 24.8. The first-order valence-corrected chi connectivity index (χ1v) is 15.8. The van der Waals surface area contributed by atoms with Gasteiger partial charge in [0.1, 0.15) is 5.82 Å². The van der Waals surface area contributed by atoms with Gasteiger partial charge in [0.2, 0.25) is 0 Å². The molecule has 0 aromatic heterocycles. The Hall–Kier alpha value is -2.61. The Kier molecular flexibility index (Phi) is 12.8. The predicted molar refractivity (Wildman–Crippen MR) is 162 cm³/mol. The lowest BCUT2D eigenvalue weighted by atomic mass is 9.82. The molecule has 6 nitrogen and oxygen atoms in total. The van der Waals surface area contributed by atoms with Crippen molar-refractivity contribution in [3.63, 3.8) is 0 Å². The molecular formula is C34H47FN2O4. The third-order valence-electron chi connectivity index (χ3n) is 8.28. The molecule has 1 aliphatic carbocycles. The molecule has 1 saturated heterocycles. The molecule has 2 aromatic rings. The molecule has 2 aromatic carbocycles. The van der Waals surface area contributed by atoms with Gasteiger partial charge in [-0.05, 0) is 25.1 Å². The molecule has 0 saturated carbocycles. The van der Waals surface area contributed by atoms with Crippen molar-refractivity contribution >= 4 is 17.3 Å². The second-order valence-corrected chi connectivity index (χ2v) is 11.3. The minimum absolute atomic E-state index is 0.127. The lowest BCUT2D eigenvalue weighted by Crippen LogP contribution is -2.37. The Morgan fingerprint density at radius 1 is 0.659 bits per heavy atom. The van der Waals surface area contributed by atoms with Crippen molar-refractivity contribution in [2.45, 2.75) is 71.1 Å². The average Bonchev–Trinajstić information content (AvgIpc) is 2.97. The van der Waals surface area contributed by atoms with Crippen molar-refractivity contribution in [3.8, 4) is 0 Å². The quantitative estimate of drug-likeness (QED) is 0.228. The molecule has 4 rings (SSSR count). The number of carbonyl (C=O) groups is 2. The summed E-state index contributed by atoms with van der Waals surface area (Å²) in [7, 11) is 0. The van der Waals surface area contributed by atoms with Gasteiger partial charge < -0.3 is 14.4 Å². The highest BCUT2D eigenvalue weighted by molar-refractivity contribution is 6.30. The van der Waals surface area contributed by atoms with Crippen molar-refractivity contribution < 1.29 is 23.5 Å². The van der Waals surface area contributed by atoms with Gasteiger partial charge in [0.15, 0.2) is 11.6 Å². The highest BCUT2D eigenvalue weighted by atomic mass is 19.1. The molecule has 41 heavy (non-hydrogen) atoms. The summed E-state index contributed by atoms with van der Waals surface area (Å²) >= 11 is 0. The van der Waals surface area contributed by atoms with E-state index in [0.29, 0.717) is 50.8 Å². The van der Waals surface area contributed by atoms with E-state index >= 15 is 0 Å². The second-order valence-electron chi connectivity index (χ2n) is 11.3. The molecule has 0 bridgehead atoms. The van der Waals surface area contributed by atoms with Gasteiger partial charge in [0.25, 0.3) is 0 Å². The maximum Gasteiger partial charge on any atom is 0.199 e. The van der Waals surface area contributed by atoms with E-state index in [4.69, 9.17) is 9.47 Å². The zero-order valence-corrected chi connectivity index (χ0v) is 24.8. The van der Waals surface area contributed by atoms with Crippen molar-refractivity contribution in [2.75, 3.05) is 64.1 Å². The first-order chi connectivity index (χ1) is 20.1. The van der Waals surface area contributed by atoms with Crippen LogP contribution in [0.25, 0.3) is 0 Å². The van der Waals surface area contributed by atoms with E-state index in [1.54, 1.807) is 12.1 Å². The van der Waals surface area contributed by atoms with Crippen LogP contribution >= 0.6 is 0 Å². The molecule has 0 unspecified atom stereocenters. The van der Waals surface area contributed by atoms with Crippen LogP contribution in [0.2, 0.25) is 0 Å². The van der Waals surface area contributed by atoms with E-state index < -0.39 is 11.6 Å². The number of ether oxygens (including phenoxy) is 2. The second kappa shape index (κ2) is 16.7. The van der Waals surface area contributed by atoms with E-state index in [-0.39, 0.29) is 22.5 Å². The highest BCUT2D eigenvalue weighted by Gasteiger charge is 2.34. The van der Waals surface area contributed by atoms with Crippen LogP contribution in [-0.2, 0) is 9.47 Å². The van der Waals surface area contributed by atoms with Crippen LogP contribution in [0.4, 0.5) is 10.1 Å². The van der Waals surface area contributed by atoms with Crippen LogP contribution in [0.5, 0.6) is 0 Å². The van der Waals surface area contributed by atoms with Crippen LogP contribution < -0.4 is 4.90 Å². The third-order valence-corrected chi connectivity index (χ3v) is 8.28. The summed E-state index contributed by atoms with van der Waals surface area (Å²) in [6, 6.07) is 9.49. The van der Waals surface area contributed by atoms with Crippen LogP contribution in [0, 0.1) is 5.82 Å². The van der Waals surface area contributed by atoms with Gasteiger partial charge in [-0.25, -0.2) is 4.39 Å². The van der Waals surface area contributed by atoms with Crippen molar-refractivity contribution in [3.05, 3.63) is 64.5 Å². The van der Waals surface area contributed by atoms with Gasteiger partial charge in [-0.15, -0.1) is 0 Å². The molecule has 2 aliphatic rings. The van der Waals surface area contributed by atoms with E-state index in [0.717, 1.165) is 19.6 Å². The average molecular weight is 567 g/mol. The number of fused-ring (bicyclic) bond motifs is 2. The molecule has 0 spiro atoms. The molecular weight excluding hydrogens is 519 g/mol. The largest absolute Gasteiger partial charge is 0.378 e. The normalized spacial score (nSPS) is 17.1. The first kappa shape index (κ1) is 31.3. The number of hydrogen-bond donors (Lipinski definition) is 0. The number of rotatable bonds is 12. The summed E-state index contributed by atoms with van der Waals surface area (Å²) < 4.78 is 26.7. The molecule has 0 radical (unpaired) electrons.